The standard InChI is InChI=1S/C18H16N4O3/c1-24-13-8-6-12(7-9-13)18-21-20-17(25-18)10-22-15-5-3-2-4-14(15)19-16(22)11-23/h2-9,23H,10-11H2,1H3. The Morgan fingerprint density at radius 3 is 2.64 bits per heavy atom. The van der Waals surface area contributed by atoms with Crippen LogP contribution in [0.3, 0.4) is 0 Å². The Morgan fingerprint density at radius 2 is 1.88 bits per heavy atom. The van der Waals surface area contributed by atoms with Crippen molar-refractivity contribution < 1.29 is 14.3 Å². The summed E-state index contributed by atoms with van der Waals surface area (Å²) < 4.78 is 12.8. The Morgan fingerprint density at radius 1 is 1.08 bits per heavy atom. The molecular formula is C18H16N4O3. The molecule has 2 aromatic heterocycles. The van der Waals surface area contributed by atoms with Crippen LogP contribution in [0.25, 0.3) is 22.5 Å². The van der Waals surface area contributed by atoms with Crippen LogP contribution in [-0.4, -0.2) is 32.0 Å². The van der Waals surface area contributed by atoms with Crippen molar-refractivity contribution in [3.63, 3.8) is 0 Å². The van der Waals surface area contributed by atoms with Gasteiger partial charge in [0, 0.05) is 5.56 Å². The summed E-state index contributed by atoms with van der Waals surface area (Å²) in [6, 6.07) is 15.1. The molecular weight excluding hydrogens is 320 g/mol. The minimum atomic E-state index is -0.159. The van der Waals surface area contributed by atoms with Gasteiger partial charge in [-0.2, -0.15) is 0 Å². The molecule has 0 saturated heterocycles. The first-order valence-electron chi connectivity index (χ1n) is 7.80. The Balaban J connectivity index is 1.65. The topological polar surface area (TPSA) is 86.2 Å². The van der Waals surface area contributed by atoms with Gasteiger partial charge in [0.05, 0.1) is 18.1 Å². The van der Waals surface area contributed by atoms with Gasteiger partial charge in [0.15, 0.2) is 0 Å². The number of para-hydroxylation sites is 2. The maximum absolute atomic E-state index is 9.57. The highest BCUT2D eigenvalue weighted by atomic mass is 16.5. The SMILES string of the molecule is COc1ccc(-c2nnc(Cn3c(CO)nc4ccccc43)o2)cc1. The number of hydrogen-bond acceptors (Lipinski definition) is 6. The van der Waals surface area contributed by atoms with Crippen LogP contribution in [0.1, 0.15) is 11.7 Å². The first-order valence-corrected chi connectivity index (χ1v) is 7.80. The van der Waals surface area contributed by atoms with Gasteiger partial charge < -0.3 is 18.8 Å². The molecule has 0 bridgehead atoms. The zero-order chi connectivity index (χ0) is 17.2. The van der Waals surface area contributed by atoms with Crippen LogP contribution < -0.4 is 4.74 Å². The molecule has 0 radical (unpaired) electrons. The Kier molecular flexibility index (Phi) is 3.91. The van der Waals surface area contributed by atoms with Crippen molar-refractivity contribution in [3.05, 3.63) is 60.2 Å². The Labute approximate surface area is 143 Å². The quantitative estimate of drug-likeness (QED) is 0.603. The summed E-state index contributed by atoms with van der Waals surface area (Å²) in [5.41, 5.74) is 2.55. The van der Waals surface area contributed by atoms with Crippen LogP contribution in [0, 0.1) is 0 Å². The van der Waals surface area contributed by atoms with Gasteiger partial charge in [0.25, 0.3) is 0 Å². The molecule has 25 heavy (non-hydrogen) atoms. The average Bonchev–Trinajstić information content (AvgIpc) is 3.27. The number of benzene rings is 2. The number of ether oxygens (including phenoxy) is 1. The number of methoxy groups -OCH3 is 1. The fourth-order valence-electron chi connectivity index (χ4n) is 2.73. The zero-order valence-corrected chi connectivity index (χ0v) is 13.6. The lowest BCUT2D eigenvalue weighted by atomic mass is 10.2. The van der Waals surface area contributed by atoms with E-state index in [0.717, 1.165) is 22.3 Å². The summed E-state index contributed by atoms with van der Waals surface area (Å²) in [5, 5.41) is 17.8. The van der Waals surface area contributed by atoms with E-state index in [4.69, 9.17) is 9.15 Å². The van der Waals surface area contributed by atoms with Crippen molar-refractivity contribution in [2.75, 3.05) is 7.11 Å². The fourth-order valence-corrected chi connectivity index (χ4v) is 2.73. The van der Waals surface area contributed by atoms with E-state index in [1.807, 2.05) is 53.1 Å². The van der Waals surface area contributed by atoms with Gasteiger partial charge in [-0.25, -0.2) is 4.98 Å². The lowest BCUT2D eigenvalue weighted by Crippen LogP contribution is -2.05. The first-order chi connectivity index (χ1) is 12.3. The third-order valence-electron chi connectivity index (χ3n) is 3.97. The van der Waals surface area contributed by atoms with E-state index in [0.29, 0.717) is 24.2 Å². The molecule has 1 N–H and O–H groups in total. The minimum absolute atomic E-state index is 0.159. The van der Waals surface area contributed by atoms with Gasteiger partial charge in [-0.05, 0) is 36.4 Å². The second-order valence-corrected chi connectivity index (χ2v) is 5.49. The second kappa shape index (κ2) is 6.37. The Hall–Kier alpha value is -3.19. The molecule has 0 saturated carbocycles. The van der Waals surface area contributed by atoms with E-state index in [9.17, 15) is 5.11 Å². The van der Waals surface area contributed by atoms with Gasteiger partial charge in [0.2, 0.25) is 11.8 Å². The second-order valence-electron chi connectivity index (χ2n) is 5.49. The van der Waals surface area contributed by atoms with Gasteiger partial charge in [-0.15, -0.1) is 10.2 Å². The average molecular weight is 336 g/mol. The van der Waals surface area contributed by atoms with Crippen LogP contribution in [0.4, 0.5) is 0 Å². The number of aliphatic hydroxyl groups excluding tert-OH is 1. The van der Waals surface area contributed by atoms with Crippen molar-refractivity contribution in [2.45, 2.75) is 13.2 Å². The van der Waals surface area contributed by atoms with E-state index >= 15 is 0 Å². The number of fused-ring (bicyclic) bond motifs is 1. The molecule has 126 valence electrons. The number of aromatic nitrogens is 4. The summed E-state index contributed by atoms with van der Waals surface area (Å²) >= 11 is 0. The third-order valence-corrected chi connectivity index (χ3v) is 3.97. The Bertz CT molecular complexity index is 1000. The molecule has 2 heterocycles. The lowest BCUT2D eigenvalue weighted by Gasteiger charge is -2.04. The minimum Gasteiger partial charge on any atom is -0.497 e. The van der Waals surface area contributed by atoms with Crippen LogP contribution in [0.5, 0.6) is 5.75 Å². The van der Waals surface area contributed by atoms with Gasteiger partial charge in [-0.1, -0.05) is 12.1 Å². The lowest BCUT2D eigenvalue weighted by molar-refractivity contribution is 0.266. The van der Waals surface area contributed by atoms with Crippen LogP contribution in [0.15, 0.2) is 52.9 Å². The summed E-state index contributed by atoms with van der Waals surface area (Å²) in [7, 11) is 1.62. The van der Waals surface area contributed by atoms with E-state index in [1.54, 1.807) is 7.11 Å². The molecule has 0 aliphatic rings. The first kappa shape index (κ1) is 15.3. The van der Waals surface area contributed by atoms with E-state index in [2.05, 4.69) is 15.2 Å². The fraction of sp³-hybridized carbons (Fsp3) is 0.167. The van der Waals surface area contributed by atoms with Crippen LogP contribution in [-0.2, 0) is 13.2 Å². The monoisotopic (exact) mass is 336 g/mol. The van der Waals surface area contributed by atoms with E-state index in [1.165, 1.54) is 0 Å². The molecule has 0 atom stereocenters. The van der Waals surface area contributed by atoms with Crippen molar-refractivity contribution in [1.29, 1.82) is 0 Å². The predicted molar refractivity (Wildman–Crippen MR) is 91.0 cm³/mol. The van der Waals surface area contributed by atoms with Crippen molar-refractivity contribution in [2.24, 2.45) is 0 Å². The van der Waals surface area contributed by atoms with Gasteiger partial charge in [0.1, 0.15) is 24.7 Å². The number of hydrogen-bond donors (Lipinski definition) is 1. The highest BCUT2D eigenvalue weighted by molar-refractivity contribution is 5.75. The van der Waals surface area contributed by atoms with Crippen molar-refractivity contribution in [3.8, 4) is 17.2 Å². The van der Waals surface area contributed by atoms with Crippen LogP contribution >= 0.6 is 0 Å². The molecule has 7 nitrogen and oxygen atoms in total. The summed E-state index contributed by atoms with van der Waals surface area (Å²) in [6.07, 6.45) is 0. The van der Waals surface area contributed by atoms with Gasteiger partial charge in [-0.3, -0.25) is 0 Å². The molecule has 2 aromatic carbocycles. The predicted octanol–water partition coefficient (Wildman–Crippen LogP) is 2.64. The molecule has 0 fully saturated rings. The summed E-state index contributed by atoms with van der Waals surface area (Å²) in [4.78, 5) is 4.42. The summed E-state index contributed by atoms with van der Waals surface area (Å²) in [5.74, 6) is 2.21. The smallest absolute Gasteiger partial charge is 0.247 e. The molecule has 0 aliphatic heterocycles. The number of rotatable bonds is 5. The number of imidazole rings is 1. The zero-order valence-electron chi connectivity index (χ0n) is 13.6. The van der Waals surface area contributed by atoms with Crippen molar-refractivity contribution >= 4 is 11.0 Å². The molecule has 0 spiro atoms. The molecule has 0 aliphatic carbocycles. The van der Waals surface area contributed by atoms with Crippen LogP contribution in [0.2, 0.25) is 0 Å². The summed E-state index contributed by atoms with van der Waals surface area (Å²) in [6.45, 7) is 0.188. The third kappa shape index (κ3) is 2.85. The molecule has 7 heteroatoms. The molecule has 0 unspecified atom stereocenters. The maximum Gasteiger partial charge on any atom is 0.247 e. The van der Waals surface area contributed by atoms with Gasteiger partial charge >= 0.3 is 0 Å². The maximum atomic E-state index is 9.57. The number of nitrogens with zero attached hydrogens (tertiary/aromatic N) is 4. The van der Waals surface area contributed by atoms with E-state index < -0.39 is 0 Å². The largest absolute Gasteiger partial charge is 0.497 e. The van der Waals surface area contributed by atoms with Crippen molar-refractivity contribution in [1.82, 2.24) is 19.7 Å². The highest BCUT2D eigenvalue weighted by Crippen LogP contribution is 2.23. The molecule has 4 aromatic rings. The number of aliphatic hydroxyl groups is 1. The normalized spacial score (nSPS) is 11.1. The van der Waals surface area contributed by atoms with E-state index in [-0.39, 0.29) is 6.61 Å². The highest BCUT2D eigenvalue weighted by Gasteiger charge is 2.14. The molecule has 4 rings (SSSR count). The molecule has 0 amide bonds.